The van der Waals surface area contributed by atoms with Crippen molar-refractivity contribution in [2.45, 2.75) is 18.9 Å². The van der Waals surface area contributed by atoms with Crippen LogP contribution in [-0.2, 0) is 22.4 Å². The van der Waals surface area contributed by atoms with E-state index in [0.29, 0.717) is 17.9 Å². The van der Waals surface area contributed by atoms with Gasteiger partial charge < -0.3 is 9.64 Å². The van der Waals surface area contributed by atoms with Gasteiger partial charge in [0.15, 0.2) is 0 Å². The van der Waals surface area contributed by atoms with Crippen molar-refractivity contribution in [1.29, 1.82) is 0 Å². The van der Waals surface area contributed by atoms with Gasteiger partial charge in [0.2, 0.25) is 5.91 Å². The van der Waals surface area contributed by atoms with Crippen LogP contribution in [0.3, 0.4) is 0 Å². The van der Waals surface area contributed by atoms with Crippen molar-refractivity contribution >= 4 is 5.91 Å². The van der Waals surface area contributed by atoms with E-state index in [1.165, 1.54) is 11.1 Å². The van der Waals surface area contributed by atoms with Crippen molar-refractivity contribution in [2.24, 2.45) is 11.8 Å². The number of hydrogen-bond acceptors (Lipinski definition) is 3. The van der Waals surface area contributed by atoms with Crippen molar-refractivity contribution in [3.8, 4) is 0 Å². The van der Waals surface area contributed by atoms with Gasteiger partial charge in [-0.15, -0.1) is 0 Å². The Bertz CT molecular complexity index is 549. The molecule has 0 N–H and O–H groups in total. The van der Waals surface area contributed by atoms with Crippen LogP contribution in [-0.4, -0.2) is 61.6 Å². The molecule has 3 aliphatic rings. The lowest BCUT2D eigenvalue weighted by molar-refractivity contribution is -0.137. The lowest BCUT2D eigenvalue weighted by Crippen LogP contribution is -2.46. The summed E-state index contributed by atoms with van der Waals surface area (Å²) >= 11 is 0. The minimum atomic E-state index is 0.141. The molecular formula is C18H24N2O2. The first-order valence-electron chi connectivity index (χ1n) is 8.34. The lowest BCUT2D eigenvalue weighted by Gasteiger charge is -2.31. The predicted molar refractivity (Wildman–Crippen MR) is 84.6 cm³/mol. The molecule has 2 heterocycles. The highest BCUT2D eigenvalue weighted by atomic mass is 16.5. The molecule has 0 spiro atoms. The minimum Gasteiger partial charge on any atom is -0.379 e. The quantitative estimate of drug-likeness (QED) is 0.781. The molecule has 0 aromatic heterocycles. The van der Waals surface area contributed by atoms with Crippen LogP contribution in [0.25, 0.3) is 0 Å². The van der Waals surface area contributed by atoms with Crippen molar-refractivity contribution in [1.82, 2.24) is 9.80 Å². The smallest absolute Gasteiger partial charge is 0.226 e. The number of ether oxygens (including phenoxy) is 1. The normalized spacial score (nSPS) is 29.2. The first-order chi connectivity index (χ1) is 10.7. The molecule has 0 unspecified atom stereocenters. The van der Waals surface area contributed by atoms with E-state index < -0.39 is 0 Å². The summed E-state index contributed by atoms with van der Waals surface area (Å²) in [5.41, 5.74) is 2.72. The van der Waals surface area contributed by atoms with Crippen LogP contribution >= 0.6 is 0 Å². The number of amides is 1. The number of fused-ring (bicyclic) bond motifs is 4. The molecular weight excluding hydrogens is 276 g/mol. The average Bonchev–Trinajstić information content (AvgIpc) is 2.77. The topological polar surface area (TPSA) is 32.8 Å². The molecule has 4 heteroatoms. The molecule has 4 rings (SSSR count). The van der Waals surface area contributed by atoms with Crippen LogP contribution in [0.5, 0.6) is 0 Å². The Morgan fingerprint density at radius 3 is 2.55 bits per heavy atom. The maximum absolute atomic E-state index is 13.0. The summed E-state index contributed by atoms with van der Waals surface area (Å²) < 4.78 is 5.76. The molecule has 22 heavy (non-hydrogen) atoms. The second kappa shape index (κ2) is 5.67. The predicted octanol–water partition coefficient (Wildman–Crippen LogP) is 1.19. The monoisotopic (exact) mass is 300 g/mol. The van der Waals surface area contributed by atoms with Crippen LogP contribution in [0.4, 0.5) is 0 Å². The number of carbonyl (C=O) groups is 1. The van der Waals surface area contributed by atoms with Gasteiger partial charge >= 0.3 is 0 Å². The maximum atomic E-state index is 13.0. The highest BCUT2D eigenvalue weighted by molar-refractivity contribution is 5.80. The average molecular weight is 300 g/mol. The zero-order valence-corrected chi connectivity index (χ0v) is 13.2. The van der Waals surface area contributed by atoms with Gasteiger partial charge in [-0.3, -0.25) is 9.69 Å². The van der Waals surface area contributed by atoms with E-state index >= 15 is 0 Å². The molecule has 1 amide bonds. The molecule has 2 fully saturated rings. The Kier molecular flexibility index (Phi) is 3.66. The van der Waals surface area contributed by atoms with Gasteiger partial charge in [0.05, 0.1) is 19.3 Å². The number of hydrogen-bond donors (Lipinski definition) is 0. The molecule has 2 aliphatic heterocycles. The van der Waals surface area contributed by atoms with Crippen molar-refractivity contribution in [3.05, 3.63) is 35.4 Å². The van der Waals surface area contributed by atoms with Crippen molar-refractivity contribution < 1.29 is 9.53 Å². The van der Waals surface area contributed by atoms with E-state index in [1.54, 1.807) is 0 Å². The largest absolute Gasteiger partial charge is 0.379 e. The van der Waals surface area contributed by atoms with Crippen LogP contribution in [0, 0.1) is 11.8 Å². The molecule has 2 atom stereocenters. The fraction of sp³-hybridized carbons (Fsp3) is 0.611. The molecule has 4 nitrogen and oxygen atoms in total. The number of likely N-dealkylation sites (N-methyl/N-ethyl adjacent to an activating group) is 1. The molecule has 118 valence electrons. The Hall–Kier alpha value is -1.39. The molecule has 1 aromatic rings. The second-order valence-corrected chi connectivity index (χ2v) is 7.11. The Morgan fingerprint density at radius 2 is 1.82 bits per heavy atom. The van der Waals surface area contributed by atoms with Gasteiger partial charge in [0, 0.05) is 31.5 Å². The Labute approximate surface area is 132 Å². The van der Waals surface area contributed by atoms with Crippen molar-refractivity contribution in [3.63, 3.8) is 0 Å². The molecule has 2 bridgehead atoms. The summed E-state index contributed by atoms with van der Waals surface area (Å²) in [6, 6.07) is 8.84. The Morgan fingerprint density at radius 1 is 1.09 bits per heavy atom. The zero-order valence-electron chi connectivity index (χ0n) is 13.2. The van der Waals surface area contributed by atoms with E-state index in [1.807, 2.05) is 0 Å². The van der Waals surface area contributed by atoms with Gasteiger partial charge in [-0.05, 0) is 31.0 Å². The van der Waals surface area contributed by atoms with Crippen LogP contribution in [0.1, 0.15) is 11.1 Å². The summed E-state index contributed by atoms with van der Waals surface area (Å²) in [5, 5.41) is 0. The van der Waals surface area contributed by atoms with E-state index in [2.05, 4.69) is 41.1 Å². The number of carbonyl (C=O) groups excluding carboxylic acids is 1. The fourth-order valence-corrected chi connectivity index (χ4v) is 4.22. The van der Waals surface area contributed by atoms with E-state index in [9.17, 15) is 4.79 Å². The molecule has 1 aliphatic carbocycles. The van der Waals surface area contributed by atoms with Gasteiger partial charge in [0.1, 0.15) is 0 Å². The standard InChI is InChI=1S/C18H24N2O2/c1-19-8-13-9-20(10-17(19)12-22-11-13)18(21)16-6-14-4-2-3-5-15(14)7-16/h2-5,13,16-17H,6-12H2,1H3/t13-,17+/m1/s1. The van der Waals surface area contributed by atoms with E-state index in [4.69, 9.17) is 4.74 Å². The molecule has 0 saturated carbocycles. The maximum Gasteiger partial charge on any atom is 0.226 e. The van der Waals surface area contributed by atoms with Crippen LogP contribution in [0.2, 0.25) is 0 Å². The third-order valence-electron chi connectivity index (χ3n) is 5.45. The first kappa shape index (κ1) is 14.2. The highest BCUT2D eigenvalue weighted by Gasteiger charge is 2.37. The molecule has 0 radical (unpaired) electrons. The van der Waals surface area contributed by atoms with Gasteiger partial charge in [-0.25, -0.2) is 0 Å². The molecule has 1 aromatic carbocycles. The van der Waals surface area contributed by atoms with E-state index in [0.717, 1.165) is 45.7 Å². The second-order valence-electron chi connectivity index (χ2n) is 7.11. The first-order valence-corrected chi connectivity index (χ1v) is 8.34. The number of benzene rings is 1. The summed E-state index contributed by atoms with van der Waals surface area (Å²) in [6.07, 6.45) is 1.82. The highest BCUT2D eigenvalue weighted by Crippen LogP contribution is 2.29. The third kappa shape index (κ3) is 2.55. The summed E-state index contributed by atoms with van der Waals surface area (Å²) in [7, 11) is 2.16. The van der Waals surface area contributed by atoms with Gasteiger partial charge in [-0.1, -0.05) is 24.3 Å². The summed E-state index contributed by atoms with van der Waals surface area (Å²) in [5.74, 6) is 0.941. The van der Waals surface area contributed by atoms with Gasteiger partial charge in [-0.2, -0.15) is 0 Å². The van der Waals surface area contributed by atoms with E-state index in [-0.39, 0.29) is 5.92 Å². The number of rotatable bonds is 1. The summed E-state index contributed by atoms with van der Waals surface area (Å²) in [4.78, 5) is 17.5. The van der Waals surface area contributed by atoms with Crippen molar-refractivity contribution in [2.75, 3.05) is 39.9 Å². The zero-order chi connectivity index (χ0) is 15.1. The lowest BCUT2D eigenvalue weighted by atomic mass is 10.0. The Balaban J connectivity index is 1.49. The number of nitrogens with zero attached hydrogens (tertiary/aromatic N) is 2. The third-order valence-corrected chi connectivity index (χ3v) is 5.45. The minimum absolute atomic E-state index is 0.141. The van der Waals surface area contributed by atoms with Crippen LogP contribution < -0.4 is 0 Å². The molecule has 2 saturated heterocycles. The van der Waals surface area contributed by atoms with Gasteiger partial charge in [0.25, 0.3) is 0 Å². The summed E-state index contributed by atoms with van der Waals surface area (Å²) in [6.45, 7) is 4.25. The van der Waals surface area contributed by atoms with Crippen LogP contribution in [0.15, 0.2) is 24.3 Å². The fourth-order valence-electron chi connectivity index (χ4n) is 4.22. The SMILES string of the molecule is CN1C[C@H]2COC[C@@H]1CN(C(=O)C1Cc3ccccc3C1)C2.